The summed E-state index contributed by atoms with van der Waals surface area (Å²) in [7, 11) is 0. The van der Waals surface area contributed by atoms with Crippen molar-refractivity contribution in [2.24, 2.45) is 0 Å². The van der Waals surface area contributed by atoms with E-state index < -0.39 is 0 Å². The second-order valence-corrected chi connectivity index (χ2v) is 4.48. The number of Topliss-reactive ketones (excluding diaryl/α,β-unsaturated/α-hetero) is 1. The van der Waals surface area contributed by atoms with Gasteiger partial charge in [-0.2, -0.15) is 0 Å². The number of furan rings is 1. The molecule has 0 bridgehead atoms. The van der Waals surface area contributed by atoms with Gasteiger partial charge in [-0.3, -0.25) is 4.79 Å². The molecule has 0 radical (unpaired) electrons. The largest absolute Gasteiger partial charge is 0.469 e. The van der Waals surface area contributed by atoms with Crippen molar-refractivity contribution in [2.75, 3.05) is 0 Å². The molecule has 0 atom stereocenters. The zero-order chi connectivity index (χ0) is 11.7. The van der Waals surface area contributed by atoms with Gasteiger partial charge in [0.1, 0.15) is 5.76 Å². The van der Waals surface area contributed by atoms with Crippen LogP contribution in [0.5, 0.6) is 0 Å². The Kier molecular flexibility index (Phi) is 2.59. The fourth-order valence-corrected chi connectivity index (χ4v) is 2.48. The number of fused-ring (bicyclic) bond motifs is 1. The van der Waals surface area contributed by atoms with E-state index in [2.05, 4.69) is 4.57 Å². The Morgan fingerprint density at radius 2 is 2.24 bits per heavy atom. The van der Waals surface area contributed by atoms with Crippen LogP contribution in [0.1, 0.15) is 34.7 Å². The average molecular weight is 229 g/mol. The summed E-state index contributed by atoms with van der Waals surface area (Å²) < 4.78 is 7.51. The molecule has 0 amide bonds. The summed E-state index contributed by atoms with van der Waals surface area (Å²) in [5, 5.41) is 0. The number of aryl methyl sites for hydroxylation is 2. The highest BCUT2D eigenvalue weighted by atomic mass is 16.3. The third kappa shape index (κ3) is 1.93. The van der Waals surface area contributed by atoms with E-state index in [1.54, 1.807) is 6.26 Å². The highest BCUT2D eigenvalue weighted by Crippen LogP contribution is 2.22. The van der Waals surface area contributed by atoms with Crippen molar-refractivity contribution in [1.29, 1.82) is 0 Å². The van der Waals surface area contributed by atoms with Gasteiger partial charge in [0.2, 0.25) is 0 Å². The summed E-state index contributed by atoms with van der Waals surface area (Å²) in [6.45, 7) is 0.885. The van der Waals surface area contributed by atoms with Crippen molar-refractivity contribution in [1.82, 2.24) is 4.57 Å². The van der Waals surface area contributed by atoms with Gasteiger partial charge >= 0.3 is 0 Å². The van der Waals surface area contributed by atoms with E-state index in [9.17, 15) is 4.79 Å². The number of nitrogens with zero attached hydrogens (tertiary/aromatic N) is 1. The average Bonchev–Trinajstić information content (AvgIpc) is 2.95. The predicted octanol–water partition coefficient (Wildman–Crippen LogP) is 2.84. The Morgan fingerprint density at radius 1 is 1.29 bits per heavy atom. The Balaban J connectivity index is 1.78. The number of rotatable bonds is 3. The molecule has 2 aromatic rings. The monoisotopic (exact) mass is 229 g/mol. The van der Waals surface area contributed by atoms with Crippen LogP contribution in [0.4, 0.5) is 0 Å². The van der Waals surface area contributed by atoms with E-state index in [0.29, 0.717) is 12.2 Å². The zero-order valence-electron chi connectivity index (χ0n) is 9.69. The molecule has 3 nitrogen and oxygen atoms in total. The Labute approximate surface area is 100 Å². The highest BCUT2D eigenvalue weighted by molar-refractivity contribution is 5.98. The molecule has 0 unspecified atom stereocenters. The fourth-order valence-electron chi connectivity index (χ4n) is 2.48. The lowest BCUT2D eigenvalue weighted by molar-refractivity contribution is 0.0972. The third-order valence-electron chi connectivity index (χ3n) is 3.38. The first-order valence-electron chi connectivity index (χ1n) is 6.08. The van der Waals surface area contributed by atoms with Crippen LogP contribution < -0.4 is 0 Å². The van der Waals surface area contributed by atoms with Gasteiger partial charge in [0.25, 0.3) is 0 Å². The van der Waals surface area contributed by atoms with Gasteiger partial charge in [0.15, 0.2) is 5.78 Å². The number of carbonyl (C=O) groups excluding carboxylic acids is 1. The van der Waals surface area contributed by atoms with E-state index in [4.69, 9.17) is 4.42 Å². The van der Waals surface area contributed by atoms with Gasteiger partial charge in [-0.15, -0.1) is 0 Å². The molecule has 0 spiro atoms. The lowest BCUT2D eigenvalue weighted by Crippen LogP contribution is -2.13. The summed E-state index contributed by atoms with van der Waals surface area (Å²) in [6.07, 6.45) is 7.31. The van der Waals surface area contributed by atoms with Crippen LogP contribution in [0.15, 0.2) is 35.1 Å². The fraction of sp³-hybridized carbons (Fsp3) is 0.357. The molecule has 0 fully saturated rings. The van der Waals surface area contributed by atoms with Gasteiger partial charge < -0.3 is 8.98 Å². The molecule has 3 rings (SSSR count). The van der Waals surface area contributed by atoms with E-state index in [1.165, 1.54) is 5.69 Å². The minimum atomic E-state index is 0.294. The third-order valence-corrected chi connectivity index (χ3v) is 3.38. The molecule has 1 aliphatic carbocycles. The second-order valence-electron chi connectivity index (χ2n) is 4.48. The summed E-state index contributed by atoms with van der Waals surface area (Å²) in [5.74, 6) is 1.29. The number of ketones is 1. The van der Waals surface area contributed by atoms with Crippen LogP contribution in [0, 0.1) is 0 Å². The molecule has 88 valence electrons. The first-order chi connectivity index (χ1) is 8.34. The van der Waals surface area contributed by atoms with Gasteiger partial charge in [-0.1, -0.05) is 0 Å². The molecule has 0 saturated heterocycles. The van der Waals surface area contributed by atoms with Crippen molar-refractivity contribution >= 4 is 5.78 Å². The van der Waals surface area contributed by atoms with Crippen molar-refractivity contribution in [3.63, 3.8) is 0 Å². The first kappa shape index (κ1) is 10.4. The molecular formula is C14H15NO2. The van der Waals surface area contributed by atoms with E-state index >= 15 is 0 Å². The first-order valence-corrected chi connectivity index (χ1v) is 6.08. The Bertz CT molecular complexity index is 522. The van der Waals surface area contributed by atoms with Crippen LogP contribution in [0.3, 0.4) is 0 Å². The van der Waals surface area contributed by atoms with Crippen molar-refractivity contribution in [3.05, 3.63) is 47.7 Å². The standard InChI is InChI=1S/C14H15NO2/c16-14-5-1-4-13-12(14)7-9-15(13)8-6-11-3-2-10-17-11/h2-3,7,9-10H,1,4-6,8H2. The predicted molar refractivity (Wildman–Crippen MR) is 64.1 cm³/mol. The molecule has 1 aliphatic rings. The Morgan fingerprint density at radius 3 is 3.06 bits per heavy atom. The molecule has 0 N–H and O–H groups in total. The van der Waals surface area contributed by atoms with E-state index in [1.807, 2.05) is 24.4 Å². The Hall–Kier alpha value is -1.77. The minimum absolute atomic E-state index is 0.294. The van der Waals surface area contributed by atoms with Gasteiger partial charge in [-0.05, 0) is 31.0 Å². The van der Waals surface area contributed by atoms with Crippen LogP contribution in [-0.2, 0) is 19.4 Å². The second kappa shape index (κ2) is 4.24. The molecule has 2 heterocycles. The number of carbonyl (C=O) groups is 1. The normalized spacial score (nSPS) is 14.9. The van der Waals surface area contributed by atoms with Crippen LogP contribution in [-0.4, -0.2) is 10.4 Å². The molecule has 0 saturated carbocycles. The SMILES string of the molecule is O=C1CCCc2c1ccn2CCc1ccco1. The minimum Gasteiger partial charge on any atom is -0.469 e. The van der Waals surface area contributed by atoms with Crippen LogP contribution in [0.25, 0.3) is 0 Å². The molecule has 17 heavy (non-hydrogen) atoms. The molecule has 3 heteroatoms. The van der Waals surface area contributed by atoms with Crippen LogP contribution in [0.2, 0.25) is 0 Å². The van der Waals surface area contributed by atoms with Gasteiger partial charge in [0, 0.05) is 36.8 Å². The molecule has 2 aromatic heterocycles. The summed E-state index contributed by atoms with van der Waals surface area (Å²) in [6, 6.07) is 5.85. The van der Waals surface area contributed by atoms with Crippen molar-refractivity contribution < 1.29 is 9.21 Å². The van der Waals surface area contributed by atoms with Crippen molar-refractivity contribution in [3.8, 4) is 0 Å². The maximum atomic E-state index is 11.7. The zero-order valence-corrected chi connectivity index (χ0v) is 9.69. The van der Waals surface area contributed by atoms with Crippen molar-refractivity contribution in [2.45, 2.75) is 32.2 Å². The summed E-state index contributed by atoms with van der Waals surface area (Å²) >= 11 is 0. The van der Waals surface area contributed by atoms with Crippen LogP contribution >= 0.6 is 0 Å². The summed E-state index contributed by atoms with van der Waals surface area (Å²) in [4.78, 5) is 11.7. The van der Waals surface area contributed by atoms with E-state index in [0.717, 1.165) is 37.1 Å². The topological polar surface area (TPSA) is 35.1 Å². The number of hydrogen-bond donors (Lipinski definition) is 0. The maximum Gasteiger partial charge on any atom is 0.164 e. The van der Waals surface area contributed by atoms with Gasteiger partial charge in [0.05, 0.1) is 6.26 Å². The smallest absolute Gasteiger partial charge is 0.164 e. The lowest BCUT2D eigenvalue weighted by atomic mass is 9.97. The summed E-state index contributed by atoms with van der Waals surface area (Å²) in [5.41, 5.74) is 2.13. The lowest BCUT2D eigenvalue weighted by Gasteiger charge is -2.14. The quantitative estimate of drug-likeness (QED) is 0.811. The molecule has 0 aromatic carbocycles. The molecule has 0 aliphatic heterocycles. The highest BCUT2D eigenvalue weighted by Gasteiger charge is 2.20. The number of aromatic nitrogens is 1. The maximum absolute atomic E-state index is 11.7. The van der Waals surface area contributed by atoms with E-state index in [-0.39, 0.29) is 0 Å². The number of hydrogen-bond acceptors (Lipinski definition) is 2. The van der Waals surface area contributed by atoms with Gasteiger partial charge in [-0.25, -0.2) is 0 Å². The molecular weight excluding hydrogens is 214 g/mol.